The lowest BCUT2D eigenvalue weighted by atomic mass is 9.48. The fraction of sp³-hybridized carbons (Fsp3) is 0.778. The van der Waals surface area contributed by atoms with Crippen LogP contribution < -0.4 is 0 Å². The molecule has 0 radical (unpaired) electrons. The number of nitrogens with zero attached hydrogens (tertiary/aromatic N) is 1. The molecule has 0 heterocycles. The highest BCUT2D eigenvalue weighted by Crippen LogP contribution is 2.56. The lowest BCUT2D eigenvalue weighted by Crippen LogP contribution is -2.56. The molecule has 0 unspecified atom stereocenters. The van der Waals surface area contributed by atoms with Crippen molar-refractivity contribution < 1.29 is 10.0 Å². The summed E-state index contributed by atoms with van der Waals surface area (Å²) in [7, 11) is 0. The van der Waals surface area contributed by atoms with E-state index in [9.17, 15) is 4.79 Å². The molecular weight excluding hydrogens is 154 g/mol. The van der Waals surface area contributed by atoms with Crippen LogP contribution in [0.1, 0.15) is 26.7 Å². The number of carbonyl (C=O) groups excluding carboxylic acids is 1. The number of hydrogen-bond acceptors (Lipinski definition) is 3. The molecule has 0 aromatic rings. The molecule has 3 aliphatic carbocycles. The number of hydrogen-bond donors (Lipinski definition) is 1. The summed E-state index contributed by atoms with van der Waals surface area (Å²) in [4.78, 5) is 11.5. The van der Waals surface area contributed by atoms with Gasteiger partial charge in [0.2, 0.25) is 0 Å². The molecule has 0 amide bonds. The van der Waals surface area contributed by atoms with E-state index in [0.29, 0.717) is 18.1 Å². The molecule has 0 aliphatic heterocycles. The van der Waals surface area contributed by atoms with Crippen LogP contribution in [0, 0.1) is 17.3 Å². The fourth-order valence-electron chi connectivity index (χ4n) is 2.43. The van der Waals surface area contributed by atoms with Crippen molar-refractivity contribution in [3.8, 4) is 0 Å². The summed E-state index contributed by atoms with van der Waals surface area (Å²) >= 11 is 0. The minimum atomic E-state index is 0.0602. The highest BCUT2D eigenvalue weighted by molar-refractivity contribution is 6.42. The summed E-state index contributed by atoms with van der Waals surface area (Å²) in [5.41, 5.74) is 0.529. The Kier molecular flexibility index (Phi) is 1.35. The van der Waals surface area contributed by atoms with Crippen LogP contribution in [0.5, 0.6) is 0 Å². The Balaban J connectivity index is 2.28. The Bertz CT molecular complexity index is 268. The zero-order valence-corrected chi connectivity index (χ0v) is 7.37. The third-order valence-electron chi connectivity index (χ3n) is 3.63. The van der Waals surface area contributed by atoms with E-state index in [1.165, 1.54) is 0 Å². The predicted octanol–water partition coefficient (Wildman–Crippen LogP) is 1.45. The van der Waals surface area contributed by atoms with Gasteiger partial charge in [0.05, 0.1) is 0 Å². The maximum absolute atomic E-state index is 11.5. The van der Waals surface area contributed by atoms with Gasteiger partial charge in [-0.05, 0) is 24.2 Å². The van der Waals surface area contributed by atoms with Gasteiger partial charge in [0.15, 0.2) is 5.78 Å². The van der Waals surface area contributed by atoms with Gasteiger partial charge in [0.25, 0.3) is 0 Å². The van der Waals surface area contributed by atoms with E-state index < -0.39 is 0 Å². The second kappa shape index (κ2) is 2.09. The van der Waals surface area contributed by atoms with Crippen molar-refractivity contribution in [3.63, 3.8) is 0 Å². The number of ketones is 1. The molecule has 2 atom stereocenters. The van der Waals surface area contributed by atoms with Crippen LogP contribution in [0.3, 0.4) is 0 Å². The molecule has 3 rings (SSSR count). The van der Waals surface area contributed by atoms with E-state index in [-0.39, 0.29) is 17.1 Å². The van der Waals surface area contributed by atoms with Crippen LogP contribution in [0.4, 0.5) is 0 Å². The SMILES string of the molecule is CC1(C)[C@H]2C/C(=N\O)C(=O)[C@H]1C2. The summed E-state index contributed by atoms with van der Waals surface area (Å²) in [6.45, 7) is 4.25. The first-order chi connectivity index (χ1) is 5.57. The van der Waals surface area contributed by atoms with E-state index in [1.54, 1.807) is 0 Å². The topological polar surface area (TPSA) is 49.7 Å². The van der Waals surface area contributed by atoms with Crippen LogP contribution in [-0.4, -0.2) is 16.7 Å². The lowest BCUT2D eigenvalue weighted by Gasteiger charge is -2.55. The number of rotatable bonds is 0. The average Bonchev–Trinajstić information content (AvgIpc) is 2.03. The molecule has 0 aromatic carbocycles. The van der Waals surface area contributed by atoms with Crippen LogP contribution in [0.25, 0.3) is 0 Å². The van der Waals surface area contributed by atoms with Crippen LogP contribution in [0.2, 0.25) is 0 Å². The van der Waals surface area contributed by atoms with Crippen molar-refractivity contribution in [2.75, 3.05) is 0 Å². The van der Waals surface area contributed by atoms with Crippen molar-refractivity contribution in [1.82, 2.24) is 0 Å². The largest absolute Gasteiger partial charge is 0.411 e. The maximum Gasteiger partial charge on any atom is 0.184 e. The summed E-state index contributed by atoms with van der Waals surface area (Å²) in [6, 6.07) is 0. The summed E-state index contributed by atoms with van der Waals surface area (Å²) in [5, 5.41) is 11.6. The van der Waals surface area contributed by atoms with Crippen molar-refractivity contribution in [2.24, 2.45) is 22.4 Å². The van der Waals surface area contributed by atoms with E-state index in [0.717, 1.165) is 6.42 Å². The predicted molar refractivity (Wildman–Crippen MR) is 44.2 cm³/mol. The molecule has 3 aliphatic rings. The first-order valence-electron chi connectivity index (χ1n) is 4.32. The minimum Gasteiger partial charge on any atom is -0.411 e. The van der Waals surface area contributed by atoms with Gasteiger partial charge in [-0.25, -0.2) is 0 Å². The van der Waals surface area contributed by atoms with E-state index in [1.807, 2.05) is 0 Å². The monoisotopic (exact) mass is 167 g/mol. The highest BCUT2D eigenvalue weighted by atomic mass is 16.4. The summed E-state index contributed by atoms with van der Waals surface area (Å²) in [5.74, 6) is 0.721. The molecule has 1 N–H and O–H groups in total. The van der Waals surface area contributed by atoms with Gasteiger partial charge < -0.3 is 5.21 Å². The lowest BCUT2D eigenvalue weighted by molar-refractivity contribution is -0.135. The van der Waals surface area contributed by atoms with E-state index in [4.69, 9.17) is 5.21 Å². The van der Waals surface area contributed by atoms with Crippen molar-refractivity contribution in [1.29, 1.82) is 0 Å². The van der Waals surface area contributed by atoms with Crippen molar-refractivity contribution in [2.45, 2.75) is 26.7 Å². The molecule has 0 saturated heterocycles. The second-order valence-corrected chi connectivity index (χ2v) is 4.42. The number of oxime groups is 1. The molecule has 0 spiro atoms. The van der Waals surface area contributed by atoms with Gasteiger partial charge in [-0.15, -0.1) is 0 Å². The third-order valence-corrected chi connectivity index (χ3v) is 3.63. The Morgan fingerprint density at radius 1 is 1.58 bits per heavy atom. The molecule has 3 heteroatoms. The zero-order chi connectivity index (χ0) is 8.93. The average molecular weight is 167 g/mol. The standard InChI is InChI=1S/C9H13NO2/c1-9(2)5-3-6(9)8(11)7(4-5)10-12/h5-6,12H,3-4H2,1-2H3/b10-7+/t5-,6-/m1/s1. The van der Waals surface area contributed by atoms with Gasteiger partial charge in [0, 0.05) is 5.92 Å². The van der Waals surface area contributed by atoms with Crippen LogP contribution in [-0.2, 0) is 4.79 Å². The summed E-state index contributed by atoms with van der Waals surface area (Å²) < 4.78 is 0. The zero-order valence-electron chi connectivity index (χ0n) is 7.37. The van der Waals surface area contributed by atoms with E-state index in [2.05, 4.69) is 19.0 Å². The first kappa shape index (κ1) is 7.77. The molecule has 3 saturated carbocycles. The molecule has 12 heavy (non-hydrogen) atoms. The van der Waals surface area contributed by atoms with Gasteiger partial charge in [0.1, 0.15) is 5.71 Å². The van der Waals surface area contributed by atoms with Gasteiger partial charge in [-0.3, -0.25) is 4.79 Å². The van der Waals surface area contributed by atoms with Crippen LogP contribution >= 0.6 is 0 Å². The fourth-order valence-corrected chi connectivity index (χ4v) is 2.43. The van der Waals surface area contributed by atoms with E-state index >= 15 is 0 Å². The van der Waals surface area contributed by atoms with Crippen LogP contribution in [0.15, 0.2) is 5.16 Å². The Morgan fingerprint density at radius 3 is 2.67 bits per heavy atom. The normalized spacial score (nSPS) is 41.2. The van der Waals surface area contributed by atoms with Crippen molar-refractivity contribution in [3.05, 3.63) is 0 Å². The Labute approximate surface area is 71.5 Å². The second-order valence-electron chi connectivity index (χ2n) is 4.42. The van der Waals surface area contributed by atoms with Gasteiger partial charge >= 0.3 is 0 Å². The number of fused-ring (bicyclic) bond motifs is 2. The van der Waals surface area contributed by atoms with Gasteiger partial charge in [-0.1, -0.05) is 19.0 Å². The number of carbonyl (C=O) groups is 1. The summed E-state index contributed by atoms with van der Waals surface area (Å²) in [6.07, 6.45) is 1.66. The third kappa shape index (κ3) is 0.713. The molecular formula is C9H13NO2. The molecule has 66 valence electrons. The molecule has 0 aromatic heterocycles. The smallest absolute Gasteiger partial charge is 0.184 e. The first-order valence-corrected chi connectivity index (χ1v) is 4.32. The number of Topliss-reactive ketones (excluding diaryl/α,β-unsaturated/α-hetero) is 1. The Hall–Kier alpha value is -0.860. The highest BCUT2D eigenvalue weighted by Gasteiger charge is 2.56. The molecule has 3 nitrogen and oxygen atoms in total. The molecule has 2 bridgehead atoms. The maximum atomic E-state index is 11.5. The van der Waals surface area contributed by atoms with Crippen molar-refractivity contribution >= 4 is 11.5 Å². The minimum absolute atomic E-state index is 0.0602. The Morgan fingerprint density at radius 2 is 2.25 bits per heavy atom. The molecule has 3 fully saturated rings. The van der Waals surface area contributed by atoms with Gasteiger partial charge in [-0.2, -0.15) is 0 Å². The quantitative estimate of drug-likeness (QED) is 0.438.